The molecule has 2 aliphatic rings. The van der Waals surface area contributed by atoms with Crippen molar-refractivity contribution in [1.82, 2.24) is 0 Å². The molecule has 0 saturated heterocycles. The molecule has 0 amide bonds. The van der Waals surface area contributed by atoms with E-state index in [4.69, 9.17) is 0 Å². The lowest BCUT2D eigenvalue weighted by Gasteiger charge is -2.53. The zero-order valence-electron chi connectivity index (χ0n) is 13.5. The van der Waals surface area contributed by atoms with Crippen molar-refractivity contribution >= 4 is 0 Å². The molecule has 20 heavy (non-hydrogen) atoms. The van der Waals surface area contributed by atoms with Crippen molar-refractivity contribution < 1.29 is 5.11 Å². The van der Waals surface area contributed by atoms with Crippen LogP contribution in [0.5, 0.6) is 0 Å². The Balaban J connectivity index is 2.38. The number of hydrogen-bond acceptors (Lipinski definition) is 2. The Morgan fingerprint density at radius 2 is 1.70 bits per heavy atom. The van der Waals surface area contributed by atoms with E-state index in [1.807, 2.05) is 0 Å². The molecular weight excluding hydrogens is 246 g/mol. The minimum Gasteiger partial charge on any atom is -0.388 e. The molecule has 2 nitrogen and oxygen atoms in total. The van der Waals surface area contributed by atoms with Crippen molar-refractivity contribution in [3.05, 3.63) is 0 Å². The highest BCUT2D eigenvalue weighted by Gasteiger charge is 2.57. The summed E-state index contributed by atoms with van der Waals surface area (Å²) in [4.78, 5) is 0. The topological polar surface area (TPSA) is 44.0 Å². The lowest BCUT2D eigenvalue weighted by molar-refractivity contribution is -0.153. The average molecular weight is 277 g/mol. The van der Waals surface area contributed by atoms with Crippen LogP contribution in [-0.4, -0.2) is 10.7 Å². The van der Waals surface area contributed by atoms with E-state index in [9.17, 15) is 10.4 Å². The molecule has 0 radical (unpaired) electrons. The monoisotopic (exact) mass is 277 g/mol. The van der Waals surface area contributed by atoms with Gasteiger partial charge in [0.15, 0.2) is 0 Å². The highest BCUT2D eigenvalue weighted by Crippen LogP contribution is 2.55. The van der Waals surface area contributed by atoms with E-state index < -0.39 is 11.0 Å². The lowest BCUT2D eigenvalue weighted by atomic mass is 9.54. The van der Waals surface area contributed by atoms with Gasteiger partial charge in [-0.3, -0.25) is 0 Å². The van der Waals surface area contributed by atoms with Crippen LogP contribution in [0.3, 0.4) is 0 Å². The van der Waals surface area contributed by atoms with Crippen molar-refractivity contribution in [3.8, 4) is 6.07 Å². The normalized spacial score (nSPS) is 38.2. The molecule has 114 valence electrons. The van der Waals surface area contributed by atoms with E-state index in [-0.39, 0.29) is 5.92 Å². The van der Waals surface area contributed by atoms with E-state index >= 15 is 0 Å². The largest absolute Gasteiger partial charge is 0.388 e. The number of nitrogens with zero attached hydrogens (tertiary/aromatic N) is 1. The van der Waals surface area contributed by atoms with Crippen LogP contribution in [0.15, 0.2) is 0 Å². The summed E-state index contributed by atoms with van der Waals surface area (Å²) in [5.74, 6) is 1.29. The number of aliphatic hydroxyl groups is 1. The Hall–Kier alpha value is -0.550. The van der Waals surface area contributed by atoms with Gasteiger partial charge in [0.1, 0.15) is 0 Å². The molecule has 0 aliphatic heterocycles. The smallest absolute Gasteiger partial charge is 0.0866 e. The van der Waals surface area contributed by atoms with Crippen molar-refractivity contribution in [3.63, 3.8) is 0 Å². The SMILES string of the molecule is CC1CCC(C(C)C)C(O)(C2(C#N)CCCCCC2)C1. The molecule has 0 aromatic rings. The van der Waals surface area contributed by atoms with Gasteiger partial charge < -0.3 is 5.11 Å². The van der Waals surface area contributed by atoms with Crippen LogP contribution in [0.2, 0.25) is 0 Å². The second-order valence-electron chi connectivity index (χ2n) is 7.77. The Kier molecular flexibility index (Phi) is 4.80. The number of hydrogen-bond donors (Lipinski definition) is 1. The molecule has 0 spiro atoms. The summed E-state index contributed by atoms with van der Waals surface area (Å²) in [7, 11) is 0. The van der Waals surface area contributed by atoms with Gasteiger partial charge in [0, 0.05) is 0 Å². The summed E-state index contributed by atoms with van der Waals surface area (Å²) in [6.07, 6.45) is 9.56. The molecule has 3 atom stereocenters. The van der Waals surface area contributed by atoms with Crippen LogP contribution in [0.4, 0.5) is 0 Å². The van der Waals surface area contributed by atoms with E-state index in [1.165, 1.54) is 19.3 Å². The first-order chi connectivity index (χ1) is 9.45. The predicted octanol–water partition coefficient (Wildman–Crippen LogP) is 4.67. The van der Waals surface area contributed by atoms with Gasteiger partial charge in [0.2, 0.25) is 0 Å². The summed E-state index contributed by atoms with van der Waals surface area (Å²) in [5, 5.41) is 21.6. The Labute approximate surface area is 124 Å². The Morgan fingerprint density at radius 3 is 2.20 bits per heavy atom. The van der Waals surface area contributed by atoms with E-state index in [0.29, 0.717) is 11.8 Å². The molecule has 1 N–H and O–H groups in total. The van der Waals surface area contributed by atoms with Crippen molar-refractivity contribution in [2.24, 2.45) is 23.2 Å². The second kappa shape index (κ2) is 6.06. The fourth-order valence-electron chi connectivity index (χ4n) is 4.90. The van der Waals surface area contributed by atoms with Gasteiger partial charge >= 0.3 is 0 Å². The first kappa shape index (κ1) is 15.8. The number of rotatable bonds is 2. The fourth-order valence-corrected chi connectivity index (χ4v) is 4.90. The minimum atomic E-state index is -0.766. The van der Waals surface area contributed by atoms with Crippen molar-refractivity contribution in [1.29, 1.82) is 5.26 Å². The van der Waals surface area contributed by atoms with E-state index in [2.05, 4.69) is 26.8 Å². The number of nitriles is 1. The maximum absolute atomic E-state index is 11.6. The minimum absolute atomic E-state index is 0.288. The van der Waals surface area contributed by atoms with E-state index in [1.54, 1.807) is 0 Å². The summed E-state index contributed by atoms with van der Waals surface area (Å²) in [6, 6.07) is 2.62. The third-order valence-electron chi connectivity index (χ3n) is 6.05. The van der Waals surface area contributed by atoms with Gasteiger partial charge in [-0.2, -0.15) is 5.26 Å². The predicted molar refractivity (Wildman–Crippen MR) is 82.0 cm³/mol. The molecule has 0 heterocycles. The van der Waals surface area contributed by atoms with Crippen molar-refractivity contribution in [2.75, 3.05) is 0 Å². The van der Waals surface area contributed by atoms with Crippen LogP contribution in [0.1, 0.15) is 78.6 Å². The maximum Gasteiger partial charge on any atom is 0.0866 e. The first-order valence-corrected chi connectivity index (χ1v) is 8.59. The zero-order valence-corrected chi connectivity index (χ0v) is 13.5. The van der Waals surface area contributed by atoms with Crippen molar-refractivity contribution in [2.45, 2.75) is 84.2 Å². The molecule has 2 saturated carbocycles. The summed E-state index contributed by atoms with van der Waals surface area (Å²) < 4.78 is 0. The molecule has 2 rings (SSSR count). The molecular formula is C18H31NO. The molecule has 3 unspecified atom stereocenters. The zero-order chi connectivity index (χ0) is 14.8. The highest BCUT2D eigenvalue weighted by atomic mass is 16.3. The maximum atomic E-state index is 11.6. The summed E-state index contributed by atoms with van der Waals surface area (Å²) >= 11 is 0. The van der Waals surface area contributed by atoms with Crippen LogP contribution in [0, 0.1) is 34.5 Å². The Bertz CT molecular complexity index is 362. The van der Waals surface area contributed by atoms with Crippen LogP contribution >= 0.6 is 0 Å². The fraction of sp³-hybridized carbons (Fsp3) is 0.944. The van der Waals surface area contributed by atoms with Gasteiger partial charge in [0.05, 0.1) is 17.1 Å². The second-order valence-corrected chi connectivity index (χ2v) is 7.77. The lowest BCUT2D eigenvalue weighted by Crippen LogP contribution is -2.57. The molecule has 2 fully saturated rings. The quantitative estimate of drug-likeness (QED) is 0.745. The molecule has 2 aliphatic carbocycles. The van der Waals surface area contributed by atoms with Gasteiger partial charge in [-0.05, 0) is 43.4 Å². The molecule has 0 aromatic heterocycles. The molecule has 0 aromatic carbocycles. The summed E-state index contributed by atoms with van der Waals surface area (Å²) in [6.45, 7) is 6.67. The standard InChI is InChI=1S/C18H31NO/c1-14(2)16-9-8-15(3)12-18(16,20)17(13-19)10-6-4-5-7-11-17/h14-16,20H,4-12H2,1-3H3. The van der Waals surface area contributed by atoms with Gasteiger partial charge in [-0.15, -0.1) is 0 Å². The molecule has 2 heteroatoms. The highest BCUT2D eigenvalue weighted by molar-refractivity contribution is 5.15. The first-order valence-electron chi connectivity index (χ1n) is 8.59. The van der Waals surface area contributed by atoms with Gasteiger partial charge in [0.25, 0.3) is 0 Å². The third-order valence-corrected chi connectivity index (χ3v) is 6.05. The Morgan fingerprint density at radius 1 is 1.10 bits per heavy atom. The average Bonchev–Trinajstić information content (AvgIpc) is 2.64. The van der Waals surface area contributed by atoms with Gasteiger partial charge in [-0.1, -0.05) is 52.9 Å². The summed E-state index contributed by atoms with van der Waals surface area (Å²) in [5.41, 5.74) is -1.26. The van der Waals surface area contributed by atoms with E-state index in [0.717, 1.165) is 38.5 Å². The third kappa shape index (κ3) is 2.62. The van der Waals surface area contributed by atoms with Crippen LogP contribution < -0.4 is 0 Å². The van der Waals surface area contributed by atoms with Gasteiger partial charge in [-0.25, -0.2) is 0 Å². The van der Waals surface area contributed by atoms with Crippen LogP contribution in [0.25, 0.3) is 0 Å². The van der Waals surface area contributed by atoms with Crippen LogP contribution in [-0.2, 0) is 0 Å². The molecule has 0 bridgehead atoms.